The fourth-order valence-corrected chi connectivity index (χ4v) is 3.14. The second-order valence-corrected chi connectivity index (χ2v) is 6.81. The first-order chi connectivity index (χ1) is 8.31. The molecule has 2 nitrogen and oxygen atoms in total. The predicted molar refractivity (Wildman–Crippen MR) is 89.1 cm³/mol. The minimum Gasteiger partial charge on any atom is -0.324 e. The van der Waals surface area contributed by atoms with Gasteiger partial charge in [-0.05, 0) is 23.3 Å². The van der Waals surface area contributed by atoms with Gasteiger partial charge in [0.25, 0.3) is 0 Å². The van der Waals surface area contributed by atoms with E-state index >= 15 is 0 Å². The van der Waals surface area contributed by atoms with Crippen LogP contribution in [0, 0.1) is 0 Å². The quantitative estimate of drug-likeness (QED) is 0.516. The second kappa shape index (κ2) is 4.82. The first-order valence-electron chi connectivity index (χ1n) is 6.81. The third kappa shape index (κ3) is 2.86. The van der Waals surface area contributed by atoms with Crippen LogP contribution in [-0.2, 0) is 6.54 Å². The van der Waals surface area contributed by atoms with Crippen molar-refractivity contribution >= 4 is 31.4 Å². The molecule has 18 heavy (non-hydrogen) atoms. The highest BCUT2D eigenvalue weighted by molar-refractivity contribution is 6.44. The average Bonchev–Trinajstić information content (AvgIpc) is 2.26. The molecule has 0 amide bonds. The molecular formula is C12H22B4N2. The van der Waals surface area contributed by atoms with E-state index in [2.05, 4.69) is 78.6 Å². The largest absolute Gasteiger partial charge is 0.324 e. The number of nitrogens with zero attached hydrogens (tertiary/aromatic N) is 2. The molecule has 1 saturated heterocycles. The SMILES string of the molecule is BC1(B)CN(Cc2ccccc2)CC(B)(B)N1C. The zero-order valence-corrected chi connectivity index (χ0v) is 12.4. The summed E-state index contributed by atoms with van der Waals surface area (Å²) in [4.78, 5) is 5.09. The summed E-state index contributed by atoms with van der Waals surface area (Å²) >= 11 is 0. The van der Waals surface area contributed by atoms with Gasteiger partial charge < -0.3 is 4.90 Å². The Morgan fingerprint density at radius 1 is 1.00 bits per heavy atom. The van der Waals surface area contributed by atoms with E-state index in [1.165, 1.54) is 5.56 Å². The van der Waals surface area contributed by atoms with E-state index in [0.29, 0.717) is 0 Å². The van der Waals surface area contributed by atoms with Gasteiger partial charge in [0, 0.05) is 19.6 Å². The Balaban J connectivity index is 2.12. The lowest BCUT2D eigenvalue weighted by molar-refractivity contribution is 0.0697. The Labute approximate surface area is 115 Å². The Hall–Kier alpha value is -0.600. The molecule has 0 aromatic heterocycles. The molecule has 1 fully saturated rings. The van der Waals surface area contributed by atoms with Crippen molar-refractivity contribution in [3.63, 3.8) is 0 Å². The number of benzene rings is 1. The molecule has 1 aliphatic rings. The number of hydrogen-bond acceptors (Lipinski definition) is 2. The monoisotopic (exact) mass is 238 g/mol. The van der Waals surface area contributed by atoms with Gasteiger partial charge in [0.15, 0.2) is 0 Å². The maximum atomic E-state index is 2.58. The normalized spacial score (nSPS) is 23.8. The van der Waals surface area contributed by atoms with Gasteiger partial charge in [0.2, 0.25) is 0 Å². The third-order valence-electron chi connectivity index (χ3n) is 4.29. The van der Waals surface area contributed by atoms with Crippen molar-refractivity contribution < 1.29 is 0 Å². The van der Waals surface area contributed by atoms with Crippen LogP contribution in [0.1, 0.15) is 5.56 Å². The van der Waals surface area contributed by atoms with Gasteiger partial charge in [-0.3, -0.25) is 4.90 Å². The van der Waals surface area contributed by atoms with Crippen molar-refractivity contribution in [2.45, 2.75) is 17.2 Å². The van der Waals surface area contributed by atoms with Gasteiger partial charge >= 0.3 is 0 Å². The molecule has 1 heterocycles. The first-order valence-corrected chi connectivity index (χ1v) is 6.81. The minimum atomic E-state index is 0.233. The maximum absolute atomic E-state index is 2.58. The van der Waals surface area contributed by atoms with Crippen LogP contribution in [0.15, 0.2) is 30.3 Å². The molecule has 6 heteroatoms. The summed E-state index contributed by atoms with van der Waals surface area (Å²) in [6.45, 7) is 3.31. The van der Waals surface area contributed by atoms with Gasteiger partial charge in [-0.1, -0.05) is 30.3 Å². The highest BCUT2D eigenvalue weighted by atomic mass is 15.3. The smallest absolute Gasteiger partial charge is 0.118 e. The van der Waals surface area contributed by atoms with E-state index in [9.17, 15) is 0 Å². The molecule has 0 aliphatic carbocycles. The summed E-state index contributed by atoms with van der Waals surface area (Å²) in [5.74, 6) is 0. The molecule has 92 valence electrons. The molecule has 1 aliphatic heterocycles. The first kappa shape index (κ1) is 13.8. The van der Waals surface area contributed by atoms with Gasteiger partial charge in [0.05, 0.1) is 0 Å². The van der Waals surface area contributed by atoms with Crippen LogP contribution in [0.25, 0.3) is 0 Å². The zero-order chi connectivity index (χ0) is 13.4. The Morgan fingerprint density at radius 3 is 2.00 bits per heavy atom. The fourth-order valence-electron chi connectivity index (χ4n) is 3.14. The van der Waals surface area contributed by atoms with E-state index in [0.717, 1.165) is 19.6 Å². The summed E-state index contributed by atoms with van der Waals surface area (Å²) in [5, 5.41) is 0.465. The summed E-state index contributed by atoms with van der Waals surface area (Å²) in [5.41, 5.74) is 1.41. The molecule has 0 spiro atoms. The Morgan fingerprint density at radius 2 is 1.50 bits per heavy atom. The van der Waals surface area contributed by atoms with E-state index in [4.69, 9.17) is 0 Å². The Bertz CT molecular complexity index is 390. The van der Waals surface area contributed by atoms with Crippen LogP contribution < -0.4 is 0 Å². The van der Waals surface area contributed by atoms with Crippen LogP contribution in [0.3, 0.4) is 0 Å². The molecule has 0 radical (unpaired) electrons. The standard InChI is InChI=1S/C12H22B4N2/c1-17-11(13,14)8-18(9-12(17,15)16)7-10-5-3-2-4-6-10/h2-6H,7-9,13-16H2,1H3. The highest BCUT2D eigenvalue weighted by Gasteiger charge is 2.41. The van der Waals surface area contributed by atoms with Gasteiger partial charge in [-0.25, -0.2) is 0 Å². The topological polar surface area (TPSA) is 6.48 Å². The lowest BCUT2D eigenvalue weighted by atomic mass is 9.50. The molecule has 0 unspecified atom stereocenters. The third-order valence-corrected chi connectivity index (χ3v) is 4.29. The van der Waals surface area contributed by atoms with E-state index in [1.807, 2.05) is 0 Å². The zero-order valence-electron chi connectivity index (χ0n) is 12.4. The van der Waals surface area contributed by atoms with E-state index in [1.54, 1.807) is 0 Å². The molecular weight excluding hydrogens is 215 g/mol. The Kier molecular flexibility index (Phi) is 3.70. The molecule has 0 N–H and O–H groups in total. The van der Waals surface area contributed by atoms with Crippen LogP contribution in [-0.4, -0.2) is 72.0 Å². The predicted octanol–water partition coefficient (Wildman–Crippen LogP) is -2.73. The summed E-state index contributed by atoms with van der Waals surface area (Å²) < 4.78 is 0. The van der Waals surface area contributed by atoms with Gasteiger partial charge in [-0.2, -0.15) is 0 Å². The molecule has 2 rings (SSSR count). The maximum Gasteiger partial charge on any atom is 0.118 e. The molecule has 1 aromatic carbocycles. The van der Waals surface area contributed by atoms with Gasteiger partial charge in [-0.15, -0.1) is 0 Å². The van der Waals surface area contributed by atoms with Gasteiger partial charge in [0.1, 0.15) is 31.4 Å². The number of rotatable bonds is 2. The number of piperazine rings is 1. The molecule has 0 saturated carbocycles. The average molecular weight is 238 g/mol. The summed E-state index contributed by atoms with van der Waals surface area (Å²) in [6.07, 6.45) is 0. The van der Waals surface area contributed by atoms with E-state index < -0.39 is 0 Å². The van der Waals surface area contributed by atoms with Crippen molar-refractivity contribution in [2.24, 2.45) is 0 Å². The van der Waals surface area contributed by atoms with Crippen molar-refractivity contribution in [2.75, 3.05) is 20.1 Å². The van der Waals surface area contributed by atoms with Crippen molar-refractivity contribution in [1.29, 1.82) is 0 Å². The summed E-state index contributed by atoms with van der Waals surface area (Å²) in [6, 6.07) is 10.8. The van der Waals surface area contributed by atoms with E-state index in [-0.39, 0.29) is 10.7 Å². The van der Waals surface area contributed by atoms with Crippen LogP contribution in [0.2, 0.25) is 0 Å². The fraction of sp³-hybridized carbons (Fsp3) is 0.500. The lowest BCUT2D eigenvalue weighted by Crippen LogP contribution is -2.72. The second-order valence-electron chi connectivity index (χ2n) is 6.81. The number of hydrogen-bond donors (Lipinski definition) is 0. The minimum absolute atomic E-state index is 0.233. The van der Waals surface area contributed by atoms with Crippen molar-refractivity contribution in [3.8, 4) is 0 Å². The molecule has 1 aromatic rings. The summed E-state index contributed by atoms with van der Waals surface area (Å²) in [7, 11) is 11.6. The number of likely N-dealkylation sites (N-methyl/N-ethyl adjacent to an activating group) is 1. The van der Waals surface area contributed by atoms with Crippen LogP contribution in [0.4, 0.5) is 0 Å². The molecule has 0 atom stereocenters. The molecule has 0 bridgehead atoms. The van der Waals surface area contributed by atoms with Crippen LogP contribution >= 0.6 is 0 Å². The van der Waals surface area contributed by atoms with Crippen LogP contribution in [0.5, 0.6) is 0 Å². The highest BCUT2D eigenvalue weighted by Crippen LogP contribution is 2.24. The van der Waals surface area contributed by atoms with Crippen molar-refractivity contribution in [3.05, 3.63) is 35.9 Å². The lowest BCUT2D eigenvalue weighted by Gasteiger charge is -2.56. The van der Waals surface area contributed by atoms with Crippen molar-refractivity contribution in [1.82, 2.24) is 9.80 Å².